The number of amides is 1. The third-order valence-corrected chi connectivity index (χ3v) is 6.07. The minimum Gasteiger partial charge on any atom is -0.341 e. The maximum Gasteiger partial charge on any atom is 0.222 e. The molecule has 2 aliphatic rings. The average Bonchev–Trinajstić information content (AvgIpc) is 2.86. The number of carbonyl (C=O) groups excluding carboxylic acids is 1. The molecule has 0 aliphatic carbocycles. The average molecular weight is 371 g/mol. The molecule has 3 rings (SSSR count). The summed E-state index contributed by atoms with van der Waals surface area (Å²) in [7, 11) is 0.928. The van der Waals surface area contributed by atoms with E-state index in [1.54, 1.807) is 6.26 Å². The lowest BCUT2D eigenvalue weighted by molar-refractivity contribution is -0.131. The van der Waals surface area contributed by atoms with Gasteiger partial charge in [-0.1, -0.05) is 12.1 Å². The molecule has 24 heavy (non-hydrogen) atoms. The Hall–Kier alpha value is -0.910. The molecular formula is C18H27ClN2O2S. The Morgan fingerprint density at radius 2 is 1.79 bits per heavy atom. The summed E-state index contributed by atoms with van der Waals surface area (Å²) in [5, 5.41) is 3.63. The molecule has 3 atom stereocenters. The second-order valence-electron chi connectivity index (χ2n) is 7.03. The fraction of sp³-hybridized carbons (Fsp3) is 0.611. The first-order valence-corrected chi connectivity index (χ1v) is 9.99. The summed E-state index contributed by atoms with van der Waals surface area (Å²) in [5.74, 6) is 0.771. The maximum absolute atomic E-state index is 12.5. The molecule has 0 radical (unpaired) electrons. The molecule has 0 spiro atoms. The number of nitrogens with one attached hydrogen (secondary N) is 1. The van der Waals surface area contributed by atoms with Gasteiger partial charge in [0.2, 0.25) is 5.91 Å². The predicted molar refractivity (Wildman–Crippen MR) is 99.8 cm³/mol. The van der Waals surface area contributed by atoms with Gasteiger partial charge in [-0.05, 0) is 49.3 Å². The van der Waals surface area contributed by atoms with Crippen LogP contribution in [0.15, 0.2) is 29.2 Å². The number of rotatable bonds is 5. The van der Waals surface area contributed by atoms with Crippen molar-refractivity contribution in [3.8, 4) is 0 Å². The van der Waals surface area contributed by atoms with Gasteiger partial charge in [-0.15, -0.1) is 12.4 Å². The van der Waals surface area contributed by atoms with E-state index in [1.807, 2.05) is 36.2 Å². The molecule has 0 aromatic heterocycles. The Balaban J connectivity index is 0.00000208. The molecule has 3 unspecified atom stereocenters. The lowest BCUT2D eigenvalue weighted by Gasteiger charge is -2.30. The summed E-state index contributed by atoms with van der Waals surface area (Å²) in [6.45, 7) is 0.618. The zero-order valence-electron chi connectivity index (χ0n) is 14.4. The van der Waals surface area contributed by atoms with Crippen LogP contribution in [0.2, 0.25) is 0 Å². The van der Waals surface area contributed by atoms with Crippen LogP contribution in [0.5, 0.6) is 0 Å². The first-order chi connectivity index (χ1) is 11.0. The van der Waals surface area contributed by atoms with Crippen LogP contribution in [0.3, 0.4) is 0 Å². The Morgan fingerprint density at radius 3 is 2.33 bits per heavy atom. The van der Waals surface area contributed by atoms with E-state index in [2.05, 4.69) is 5.32 Å². The molecule has 2 saturated heterocycles. The number of benzene rings is 1. The standard InChI is InChI=1S/C18H26N2O2S.ClH/c1-20(12-13-3-7-17(8-4-13)23(2)22)18(21)11-14-9-15-5-6-16(10-14)19-15;/h3-4,7-8,14-16,19H,5-6,9-12H2,1-2H3;1H. The van der Waals surface area contributed by atoms with Gasteiger partial charge >= 0.3 is 0 Å². The summed E-state index contributed by atoms with van der Waals surface area (Å²) in [6, 6.07) is 8.97. The zero-order chi connectivity index (χ0) is 16.4. The summed E-state index contributed by atoms with van der Waals surface area (Å²) in [5.41, 5.74) is 1.08. The molecule has 2 heterocycles. The van der Waals surface area contributed by atoms with Crippen molar-refractivity contribution < 1.29 is 9.00 Å². The van der Waals surface area contributed by atoms with Gasteiger partial charge in [-0.25, -0.2) is 0 Å². The normalized spacial score (nSPS) is 26.5. The Labute approximate surface area is 153 Å². The fourth-order valence-electron chi connectivity index (χ4n) is 3.89. The second-order valence-corrected chi connectivity index (χ2v) is 8.41. The van der Waals surface area contributed by atoms with Crippen LogP contribution in [-0.4, -0.2) is 40.4 Å². The van der Waals surface area contributed by atoms with Crippen LogP contribution < -0.4 is 5.32 Å². The van der Waals surface area contributed by atoms with Gasteiger partial charge in [0.1, 0.15) is 0 Å². The van der Waals surface area contributed by atoms with E-state index in [9.17, 15) is 9.00 Å². The highest BCUT2D eigenvalue weighted by Crippen LogP contribution is 2.33. The number of fused-ring (bicyclic) bond motifs is 2. The third kappa shape index (κ3) is 4.80. The van der Waals surface area contributed by atoms with Crippen LogP contribution in [0.25, 0.3) is 0 Å². The van der Waals surface area contributed by atoms with E-state index >= 15 is 0 Å². The van der Waals surface area contributed by atoms with Gasteiger partial charge in [-0.3, -0.25) is 9.00 Å². The molecule has 1 aromatic rings. The molecule has 2 fully saturated rings. The van der Waals surface area contributed by atoms with E-state index in [-0.39, 0.29) is 18.3 Å². The van der Waals surface area contributed by atoms with E-state index in [4.69, 9.17) is 0 Å². The van der Waals surface area contributed by atoms with Crippen LogP contribution in [-0.2, 0) is 22.1 Å². The van der Waals surface area contributed by atoms with Crippen molar-refractivity contribution in [2.45, 2.75) is 55.6 Å². The summed E-state index contributed by atoms with van der Waals surface area (Å²) < 4.78 is 11.4. The van der Waals surface area contributed by atoms with Gasteiger partial charge < -0.3 is 10.2 Å². The van der Waals surface area contributed by atoms with Crippen molar-refractivity contribution in [3.05, 3.63) is 29.8 Å². The van der Waals surface area contributed by atoms with Gasteiger partial charge in [0.25, 0.3) is 0 Å². The molecule has 4 nitrogen and oxygen atoms in total. The molecule has 1 amide bonds. The van der Waals surface area contributed by atoms with Crippen molar-refractivity contribution in [3.63, 3.8) is 0 Å². The molecule has 6 heteroatoms. The Bertz CT molecular complexity index is 581. The first-order valence-electron chi connectivity index (χ1n) is 8.43. The van der Waals surface area contributed by atoms with E-state index in [0.29, 0.717) is 31.0 Å². The summed E-state index contributed by atoms with van der Waals surface area (Å²) >= 11 is 0. The third-order valence-electron chi connectivity index (χ3n) is 5.13. The smallest absolute Gasteiger partial charge is 0.222 e. The van der Waals surface area contributed by atoms with Crippen molar-refractivity contribution in [2.75, 3.05) is 13.3 Å². The van der Waals surface area contributed by atoms with Crippen molar-refractivity contribution in [1.82, 2.24) is 10.2 Å². The van der Waals surface area contributed by atoms with Gasteiger partial charge in [0.05, 0.1) is 0 Å². The van der Waals surface area contributed by atoms with Crippen LogP contribution in [0, 0.1) is 5.92 Å². The van der Waals surface area contributed by atoms with E-state index in [1.165, 1.54) is 12.8 Å². The minimum atomic E-state index is -0.951. The maximum atomic E-state index is 12.5. The highest BCUT2D eigenvalue weighted by molar-refractivity contribution is 7.84. The number of piperidine rings is 1. The molecule has 1 aromatic carbocycles. The van der Waals surface area contributed by atoms with Crippen molar-refractivity contribution >= 4 is 29.1 Å². The van der Waals surface area contributed by atoms with Crippen molar-refractivity contribution in [1.29, 1.82) is 0 Å². The highest BCUT2D eigenvalue weighted by Gasteiger charge is 2.34. The van der Waals surface area contributed by atoms with E-state index < -0.39 is 10.8 Å². The second kappa shape index (κ2) is 8.45. The topological polar surface area (TPSA) is 49.4 Å². The highest BCUT2D eigenvalue weighted by atomic mass is 35.5. The van der Waals surface area contributed by atoms with Crippen LogP contribution in [0.4, 0.5) is 0 Å². The van der Waals surface area contributed by atoms with Crippen molar-refractivity contribution in [2.24, 2.45) is 5.92 Å². The molecule has 1 N–H and O–H groups in total. The number of hydrogen-bond donors (Lipinski definition) is 1. The largest absolute Gasteiger partial charge is 0.341 e. The summed E-state index contributed by atoms with van der Waals surface area (Å²) in [6.07, 6.45) is 7.19. The van der Waals surface area contributed by atoms with Crippen LogP contribution in [0.1, 0.15) is 37.7 Å². The number of hydrogen-bond acceptors (Lipinski definition) is 3. The number of nitrogens with zero attached hydrogens (tertiary/aromatic N) is 1. The predicted octanol–water partition coefficient (Wildman–Crippen LogP) is 2.72. The fourth-order valence-corrected chi connectivity index (χ4v) is 4.41. The molecular weight excluding hydrogens is 344 g/mol. The number of carbonyl (C=O) groups is 1. The number of halogens is 1. The SMILES string of the molecule is CN(Cc1ccc(S(C)=O)cc1)C(=O)CC1CC2CCC(C1)N2.Cl. The zero-order valence-corrected chi connectivity index (χ0v) is 16.0. The first kappa shape index (κ1) is 19.4. The monoisotopic (exact) mass is 370 g/mol. The molecule has 2 bridgehead atoms. The van der Waals surface area contributed by atoms with Gasteiger partial charge in [0.15, 0.2) is 0 Å². The van der Waals surface area contributed by atoms with Gasteiger partial charge in [0, 0.05) is 54.0 Å². The lowest BCUT2D eigenvalue weighted by Crippen LogP contribution is -2.39. The lowest BCUT2D eigenvalue weighted by atomic mass is 9.89. The molecule has 0 saturated carbocycles. The minimum absolute atomic E-state index is 0. The van der Waals surface area contributed by atoms with E-state index in [0.717, 1.165) is 23.3 Å². The molecule has 134 valence electrons. The quantitative estimate of drug-likeness (QED) is 0.867. The van der Waals surface area contributed by atoms with Crippen LogP contribution >= 0.6 is 12.4 Å². The summed E-state index contributed by atoms with van der Waals surface area (Å²) in [4.78, 5) is 15.1. The Morgan fingerprint density at radius 1 is 1.21 bits per heavy atom. The Kier molecular flexibility index (Phi) is 6.84. The van der Waals surface area contributed by atoms with Gasteiger partial charge in [-0.2, -0.15) is 0 Å². The molecule has 2 aliphatic heterocycles.